The number of hydrogen-bond acceptors (Lipinski definition) is 6. The molecule has 2 atom stereocenters. The number of ether oxygens (including phenoxy) is 1. The van der Waals surface area contributed by atoms with Crippen molar-refractivity contribution in [3.05, 3.63) is 29.8 Å². The van der Waals surface area contributed by atoms with Gasteiger partial charge >= 0.3 is 6.09 Å². The first kappa shape index (κ1) is 34.6. The fourth-order valence-corrected chi connectivity index (χ4v) is 10.5. The third-order valence-corrected chi connectivity index (χ3v) is 12.9. The van der Waals surface area contributed by atoms with Crippen LogP contribution >= 0.6 is 0 Å². The molecular formula is C29H51N3O6Si. The summed E-state index contributed by atoms with van der Waals surface area (Å²) in [7, 11) is -2.34. The second kappa shape index (κ2) is 14.8. The Balaban J connectivity index is 3.26. The van der Waals surface area contributed by atoms with Crippen molar-refractivity contribution < 1.29 is 28.7 Å². The minimum Gasteiger partial charge on any atom is -0.444 e. The Morgan fingerprint density at radius 1 is 0.846 bits per heavy atom. The minimum atomic E-state index is -2.34. The van der Waals surface area contributed by atoms with Gasteiger partial charge in [-0.1, -0.05) is 67.5 Å². The van der Waals surface area contributed by atoms with Gasteiger partial charge in [-0.15, -0.1) is 0 Å². The Kier molecular flexibility index (Phi) is 13.1. The van der Waals surface area contributed by atoms with E-state index in [-0.39, 0.29) is 19.1 Å². The Morgan fingerprint density at radius 2 is 1.36 bits per heavy atom. The molecule has 0 spiro atoms. The third kappa shape index (κ3) is 10.2. The highest BCUT2D eigenvalue weighted by Crippen LogP contribution is 2.42. The molecule has 0 saturated carbocycles. The second-order valence-electron chi connectivity index (χ2n) is 12.4. The second-order valence-corrected chi connectivity index (χ2v) is 17.9. The molecule has 10 heteroatoms. The number of aliphatic hydroxyl groups is 1. The summed E-state index contributed by atoms with van der Waals surface area (Å²) in [6.45, 7) is 21.7. The average molecular weight is 566 g/mol. The van der Waals surface area contributed by atoms with E-state index in [0.717, 1.165) is 5.56 Å². The van der Waals surface area contributed by atoms with Gasteiger partial charge in [0.1, 0.15) is 17.7 Å². The molecule has 0 aliphatic rings. The van der Waals surface area contributed by atoms with Crippen molar-refractivity contribution in [3.63, 3.8) is 0 Å². The van der Waals surface area contributed by atoms with Gasteiger partial charge in [0, 0.05) is 5.69 Å². The van der Waals surface area contributed by atoms with Crippen molar-refractivity contribution in [2.24, 2.45) is 5.92 Å². The Morgan fingerprint density at radius 3 is 1.77 bits per heavy atom. The SMILES string of the molecule is CC(C)[C@H](NC(=O)OC(C)(C)C)C(=O)N[C@@H](CO[Si](C(C)C)(C(C)C)C(C)C)C(=O)Nc1ccc(CO)cc1. The summed E-state index contributed by atoms with van der Waals surface area (Å²) < 4.78 is 12.0. The molecule has 0 bridgehead atoms. The van der Waals surface area contributed by atoms with Crippen molar-refractivity contribution in [2.75, 3.05) is 11.9 Å². The van der Waals surface area contributed by atoms with Crippen LogP contribution in [0.25, 0.3) is 0 Å². The predicted octanol–water partition coefficient (Wildman–Crippen LogP) is 5.34. The zero-order chi connectivity index (χ0) is 30.1. The van der Waals surface area contributed by atoms with Crippen LogP contribution in [0.4, 0.5) is 10.5 Å². The highest BCUT2D eigenvalue weighted by Gasteiger charge is 2.46. The molecule has 0 saturated heterocycles. The molecule has 1 aromatic rings. The van der Waals surface area contributed by atoms with E-state index in [9.17, 15) is 19.5 Å². The van der Waals surface area contributed by atoms with Gasteiger partial charge in [0.25, 0.3) is 0 Å². The van der Waals surface area contributed by atoms with E-state index < -0.39 is 43.9 Å². The van der Waals surface area contributed by atoms with Crippen molar-refractivity contribution in [1.82, 2.24) is 10.6 Å². The van der Waals surface area contributed by atoms with Gasteiger partial charge in [-0.25, -0.2) is 4.79 Å². The smallest absolute Gasteiger partial charge is 0.408 e. The summed E-state index contributed by atoms with van der Waals surface area (Å²) in [5.74, 6) is -1.19. The number of alkyl carbamates (subject to hydrolysis) is 1. The fourth-order valence-electron chi connectivity index (χ4n) is 5.06. The Bertz CT molecular complexity index is 920. The summed E-state index contributed by atoms with van der Waals surface area (Å²) >= 11 is 0. The number of anilines is 1. The Labute approximate surface area is 235 Å². The average Bonchev–Trinajstić information content (AvgIpc) is 2.80. The standard InChI is InChI=1S/C29H51N3O6Si/c1-18(2)25(32-28(36)38-29(9,10)11)27(35)31-24(17-37-39(19(3)4,20(5)6)21(7)8)26(34)30-23-14-12-22(16-33)13-15-23/h12-15,18-21,24-25,33H,16-17H2,1-11H3,(H,30,34)(H,31,35)(H,32,36)/t24-,25-/m0/s1. The number of aliphatic hydroxyl groups excluding tert-OH is 1. The first-order valence-electron chi connectivity index (χ1n) is 13.9. The normalized spacial score (nSPS) is 13.9. The zero-order valence-corrected chi connectivity index (χ0v) is 26.7. The molecule has 0 aliphatic carbocycles. The largest absolute Gasteiger partial charge is 0.444 e. The maximum Gasteiger partial charge on any atom is 0.408 e. The van der Waals surface area contributed by atoms with E-state index in [1.807, 2.05) is 13.8 Å². The van der Waals surface area contributed by atoms with E-state index in [0.29, 0.717) is 22.3 Å². The summed E-state index contributed by atoms with van der Waals surface area (Å²) in [6, 6.07) is 4.90. The lowest BCUT2D eigenvalue weighted by molar-refractivity contribution is -0.129. The number of carbonyl (C=O) groups excluding carboxylic acids is 3. The minimum absolute atomic E-state index is 0.00428. The van der Waals surface area contributed by atoms with Crippen molar-refractivity contribution >= 4 is 31.9 Å². The van der Waals surface area contributed by atoms with Crippen molar-refractivity contribution in [3.8, 4) is 0 Å². The molecule has 0 unspecified atom stereocenters. The molecular weight excluding hydrogens is 514 g/mol. The molecule has 0 fully saturated rings. The molecule has 9 nitrogen and oxygen atoms in total. The van der Waals surface area contributed by atoms with Gasteiger partial charge in [0.05, 0.1) is 13.2 Å². The fraction of sp³-hybridized carbons (Fsp3) is 0.690. The maximum atomic E-state index is 13.5. The Hall–Kier alpha value is -2.43. The molecule has 222 valence electrons. The lowest BCUT2D eigenvalue weighted by Gasteiger charge is -2.43. The van der Waals surface area contributed by atoms with Crippen molar-refractivity contribution in [2.45, 2.75) is 117 Å². The van der Waals surface area contributed by atoms with Crippen LogP contribution in [0.5, 0.6) is 0 Å². The van der Waals surface area contributed by atoms with E-state index in [2.05, 4.69) is 57.5 Å². The number of carbonyl (C=O) groups is 3. The number of rotatable bonds is 13. The number of benzene rings is 1. The summed E-state index contributed by atoms with van der Waals surface area (Å²) in [5.41, 5.74) is 1.41. The quantitative estimate of drug-likeness (QED) is 0.239. The molecule has 0 heterocycles. The van der Waals surface area contributed by atoms with Crippen LogP contribution in [0, 0.1) is 5.92 Å². The molecule has 1 aromatic carbocycles. The molecule has 39 heavy (non-hydrogen) atoms. The number of nitrogens with one attached hydrogen (secondary N) is 3. The van der Waals surface area contributed by atoms with Gasteiger partial charge in [-0.05, 0) is 61.0 Å². The topological polar surface area (TPSA) is 126 Å². The monoisotopic (exact) mass is 565 g/mol. The van der Waals surface area contributed by atoms with Crippen LogP contribution in [0.3, 0.4) is 0 Å². The van der Waals surface area contributed by atoms with Crippen LogP contribution in [0.1, 0.15) is 81.7 Å². The zero-order valence-electron chi connectivity index (χ0n) is 25.7. The summed E-state index contributed by atoms with van der Waals surface area (Å²) in [6.07, 6.45) is -0.705. The first-order chi connectivity index (χ1) is 17.9. The molecule has 0 aromatic heterocycles. The van der Waals surface area contributed by atoms with Crippen LogP contribution in [-0.4, -0.2) is 55.6 Å². The van der Waals surface area contributed by atoms with E-state index in [1.165, 1.54) is 0 Å². The van der Waals surface area contributed by atoms with Gasteiger partial charge in [-0.2, -0.15) is 0 Å². The molecule has 0 aliphatic heterocycles. The number of amides is 3. The molecule has 4 N–H and O–H groups in total. The van der Waals surface area contributed by atoms with Gasteiger partial charge < -0.3 is 30.2 Å². The highest BCUT2D eigenvalue weighted by molar-refractivity contribution is 6.77. The highest BCUT2D eigenvalue weighted by atomic mass is 28.4. The van der Waals surface area contributed by atoms with E-state index in [1.54, 1.807) is 45.0 Å². The van der Waals surface area contributed by atoms with Gasteiger partial charge in [-0.3, -0.25) is 9.59 Å². The van der Waals surface area contributed by atoms with Crippen LogP contribution < -0.4 is 16.0 Å². The maximum absolute atomic E-state index is 13.5. The van der Waals surface area contributed by atoms with E-state index >= 15 is 0 Å². The van der Waals surface area contributed by atoms with Gasteiger partial charge in [0.2, 0.25) is 11.8 Å². The van der Waals surface area contributed by atoms with Crippen LogP contribution in [0.2, 0.25) is 16.6 Å². The number of hydrogen-bond donors (Lipinski definition) is 4. The molecule has 1 rings (SSSR count). The van der Waals surface area contributed by atoms with E-state index in [4.69, 9.17) is 9.16 Å². The summed E-state index contributed by atoms with van der Waals surface area (Å²) in [5, 5.41) is 17.6. The summed E-state index contributed by atoms with van der Waals surface area (Å²) in [4.78, 5) is 39.4. The lowest BCUT2D eigenvalue weighted by Crippen LogP contribution is -2.58. The lowest BCUT2D eigenvalue weighted by atomic mass is 10.0. The first-order valence-corrected chi connectivity index (χ1v) is 16.0. The predicted molar refractivity (Wildman–Crippen MR) is 158 cm³/mol. The van der Waals surface area contributed by atoms with Gasteiger partial charge in [0.15, 0.2) is 8.32 Å². The third-order valence-electron chi connectivity index (χ3n) is 6.87. The molecule has 0 radical (unpaired) electrons. The van der Waals surface area contributed by atoms with Crippen molar-refractivity contribution in [1.29, 1.82) is 0 Å². The van der Waals surface area contributed by atoms with Crippen LogP contribution in [-0.2, 0) is 25.4 Å². The van der Waals surface area contributed by atoms with Crippen LogP contribution in [0.15, 0.2) is 24.3 Å². The molecule has 3 amide bonds.